The maximum Gasteiger partial charge on any atom is 0.321 e. The van der Waals surface area contributed by atoms with Crippen LogP contribution in [-0.4, -0.2) is 50.2 Å². The topological polar surface area (TPSA) is 89.4 Å². The van der Waals surface area contributed by atoms with Crippen molar-refractivity contribution >= 4 is 5.97 Å². The van der Waals surface area contributed by atoms with Gasteiger partial charge in [-0.05, 0) is 0 Å². The molecule has 1 atom stereocenters. The van der Waals surface area contributed by atoms with Gasteiger partial charge in [0.25, 0.3) is 0 Å². The van der Waals surface area contributed by atoms with E-state index in [0.717, 1.165) is 11.4 Å². The molecule has 1 aliphatic heterocycles. The molecule has 0 radical (unpaired) electrons. The number of hydrogen-bond donors (Lipinski definition) is 3. The van der Waals surface area contributed by atoms with Crippen molar-refractivity contribution in [2.45, 2.75) is 19.0 Å². The molecule has 0 aliphatic carbocycles. The SMILES string of the molecule is O=C(O)C1Cc2nc[nH]c2CN1CCO. The standard InChI is InChI=1S/C9H13N3O3/c13-2-1-12-4-7-6(10-5-11-7)3-8(12)9(14)15/h5,8,13H,1-4H2,(H,10,11)(H,14,15). The van der Waals surface area contributed by atoms with E-state index in [1.165, 1.54) is 0 Å². The lowest BCUT2D eigenvalue weighted by atomic mass is 10.0. The number of carboxylic acids is 1. The van der Waals surface area contributed by atoms with E-state index in [9.17, 15) is 4.79 Å². The van der Waals surface area contributed by atoms with Crippen LogP contribution in [0.2, 0.25) is 0 Å². The Morgan fingerprint density at radius 1 is 1.73 bits per heavy atom. The molecular weight excluding hydrogens is 198 g/mol. The Bertz CT molecular complexity index is 363. The third kappa shape index (κ3) is 1.86. The van der Waals surface area contributed by atoms with Gasteiger partial charge in [0.1, 0.15) is 6.04 Å². The molecule has 1 aliphatic rings. The molecule has 1 unspecified atom stereocenters. The smallest absolute Gasteiger partial charge is 0.321 e. The van der Waals surface area contributed by atoms with Crippen LogP contribution in [0.15, 0.2) is 6.33 Å². The molecule has 0 fully saturated rings. The Morgan fingerprint density at radius 2 is 2.53 bits per heavy atom. The number of aromatic nitrogens is 2. The van der Waals surface area contributed by atoms with Crippen LogP contribution in [0.1, 0.15) is 11.4 Å². The fraction of sp³-hybridized carbons (Fsp3) is 0.556. The van der Waals surface area contributed by atoms with E-state index >= 15 is 0 Å². The van der Waals surface area contributed by atoms with Crippen molar-refractivity contribution in [3.63, 3.8) is 0 Å². The summed E-state index contributed by atoms with van der Waals surface area (Å²) in [5.41, 5.74) is 1.76. The van der Waals surface area contributed by atoms with Gasteiger partial charge in [-0.15, -0.1) is 0 Å². The number of hydrogen-bond acceptors (Lipinski definition) is 4. The van der Waals surface area contributed by atoms with Gasteiger partial charge in [-0.3, -0.25) is 9.69 Å². The summed E-state index contributed by atoms with van der Waals surface area (Å²) in [4.78, 5) is 19.8. The highest BCUT2D eigenvalue weighted by atomic mass is 16.4. The van der Waals surface area contributed by atoms with E-state index in [0.29, 0.717) is 19.5 Å². The van der Waals surface area contributed by atoms with E-state index in [4.69, 9.17) is 10.2 Å². The highest BCUT2D eigenvalue weighted by Crippen LogP contribution is 2.20. The van der Waals surface area contributed by atoms with Crippen LogP contribution >= 0.6 is 0 Å². The molecular formula is C9H13N3O3. The quantitative estimate of drug-likeness (QED) is 0.610. The van der Waals surface area contributed by atoms with Crippen molar-refractivity contribution in [2.24, 2.45) is 0 Å². The van der Waals surface area contributed by atoms with Crippen molar-refractivity contribution in [1.29, 1.82) is 0 Å². The number of imidazole rings is 1. The summed E-state index contributed by atoms with van der Waals surface area (Å²) >= 11 is 0. The minimum atomic E-state index is -0.864. The average molecular weight is 211 g/mol. The lowest BCUT2D eigenvalue weighted by molar-refractivity contribution is -0.144. The fourth-order valence-electron chi connectivity index (χ4n) is 1.89. The number of nitrogens with one attached hydrogen (secondary N) is 1. The van der Waals surface area contributed by atoms with Gasteiger partial charge in [0.2, 0.25) is 0 Å². The maximum absolute atomic E-state index is 11.0. The predicted molar refractivity (Wildman–Crippen MR) is 51.2 cm³/mol. The van der Waals surface area contributed by atoms with Gasteiger partial charge in [-0.25, -0.2) is 4.98 Å². The van der Waals surface area contributed by atoms with Crippen LogP contribution in [-0.2, 0) is 17.8 Å². The van der Waals surface area contributed by atoms with Crippen LogP contribution in [0.25, 0.3) is 0 Å². The van der Waals surface area contributed by atoms with Crippen LogP contribution in [0.4, 0.5) is 0 Å². The molecule has 0 saturated carbocycles. The Balaban J connectivity index is 2.21. The Labute approximate surface area is 86.6 Å². The molecule has 3 N–H and O–H groups in total. The Morgan fingerprint density at radius 3 is 3.20 bits per heavy atom. The molecule has 2 rings (SSSR count). The summed E-state index contributed by atoms with van der Waals surface area (Å²) in [6.45, 7) is 0.843. The van der Waals surface area contributed by atoms with Gasteiger partial charge in [0.15, 0.2) is 0 Å². The van der Waals surface area contributed by atoms with Crippen LogP contribution < -0.4 is 0 Å². The summed E-state index contributed by atoms with van der Waals surface area (Å²) in [6.07, 6.45) is 1.97. The van der Waals surface area contributed by atoms with Crippen molar-refractivity contribution in [3.8, 4) is 0 Å². The Kier molecular flexibility index (Phi) is 2.70. The molecule has 0 bridgehead atoms. The monoisotopic (exact) mass is 211 g/mol. The maximum atomic E-state index is 11.0. The zero-order chi connectivity index (χ0) is 10.8. The fourth-order valence-corrected chi connectivity index (χ4v) is 1.89. The highest BCUT2D eigenvalue weighted by Gasteiger charge is 2.32. The summed E-state index contributed by atoms with van der Waals surface area (Å²) in [6, 6.07) is -0.576. The molecule has 15 heavy (non-hydrogen) atoms. The first kappa shape index (κ1) is 10.1. The van der Waals surface area contributed by atoms with E-state index in [1.54, 1.807) is 11.2 Å². The first-order chi connectivity index (χ1) is 7.22. The van der Waals surface area contributed by atoms with Crippen LogP contribution in [0.3, 0.4) is 0 Å². The molecule has 0 saturated heterocycles. The normalized spacial score (nSPS) is 21.3. The second-order valence-electron chi connectivity index (χ2n) is 3.58. The van der Waals surface area contributed by atoms with Gasteiger partial charge in [0, 0.05) is 19.5 Å². The van der Waals surface area contributed by atoms with E-state index in [1.807, 2.05) is 0 Å². The molecule has 0 spiro atoms. The first-order valence-corrected chi connectivity index (χ1v) is 4.81. The zero-order valence-corrected chi connectivity index (χ0v) is 8.18. The Hall–Kier alpha value is -1.40. The lowest BCUT2D eigenvalue weighted by Crippen LogP contribution is -2.46. The number of β-amino-alcohol motifs (C(OH)–C–C–N with tert-alkyl or cyclic N) is 1. The number of aromatic amines is 1. The molecule has 0 aromatic carbocycles. The first-order valence-electron chi connectivity index (χ1n) is 4.81. The second kappa shape index (κ2) is 4.00. The predicted octanol–water partition coefficient (Wildman–Crippen LogP) is -0.787. The van der Waals surface area contributed by atoms with Crippen LogP contribution in [0.5, 0.6) is 0 Å². The third-order valence-corrected chi connectivity index (χ3v) is 2.67. The number of carboxylic acid groups (broad SMARTS) is 1. The molecule has 6 nitrogen and oxygen atoms in total. The molecule has 2 heterocycles. The molecule has 0 amide bonds. The number of aliphatic carboxylic acids is 1. The van der Waals surface area contributed by atoms with Gasteiger partial charge in [-0.2, -0.15) is 0 Å². The third-order valence-electron chi connectivity index (χ3n) is 2.67. The number of nitrogens with zero attached hydrogens (tertiary/aromatic N) is 2. The summed E-state index contributed by atoms with van der Waals surface area (Å²) in [7, 11) is 0. The second-order valence-corrected chi connectivity index (χ2v) is 3.58. The summed E-state index contributed by atoms with van der Waals surface area (Å²) in [5.74, 6) is -0.864. The molecule has 1 aromatic heterocycles. The van der Waals surface area contributed by atoms with Crippen molar-refractivity contribution in [1.82, 2.24) is 14.9 Å². The van der Waals surface area contributed by atoms with Gasteiger partial charge >= 0.3 is 5.97 Å². The van der Waals surface area contributed by atoms with Crippen molar-refractivity contribution in [2.75, 3.05) is 13.2 Å². The van der Waals surface area contributed by atoms with E-state index < -0.39 is 12.0 Å². The number of fused-ring (bicyclic) bond motifs is 1. The lowest BCUT2D eigenvalue weighted by Gasteiger charge is -2.31. The van der Waals surface area contributed by atoms with Gasteiger partial charge < -0.3 is 15.2 Å². The molecule has 6 heteroatoms. The average Bonchev–Trinajstić information content (AvgIpc) is 2.63. The number of carbonyl (C=O) groups is 1. The zero-order valence-electron chi connectivity index (χ0n) is 8.18. The number of aliphatic hydroxyl groups excluding tert-OH is 1. The molecule has 1 aromatic rings. The summed E-state index contributed by atoms with van der Waals surface area (Å²) < 4.78 is 0. The van der Waals surface area contributed by atoms with E-state index in [2.05, 4.69) is 9.97 Å². The highest BCUT2D eigenvalue weighted by molar-refractivity contribution is 5.74. The number of rotatable bonds is 3. The van der Waals surface area contributed by atoms with Gasteiger partial charge in [-0.1, -0.05) is 0 Å². The largest absolute Gasteiger partial charge is 0.480 e. The van der Waals surface area contributed by atoms with Gasteiger partial charge in [0.05, 0.1) is 24.3 Å². The minimum Gasteiger partial charge on any atom is -0.480 e. The van der Waals surface area contributed by atoms with Crippen LogP contribution in [0, 0.1) is 0 Å². The molecule has 82 valence electrons. The van der Waals surface area contributed by atoms with Crippen molar-refractivity contribution < 1.29 is 15.0 Å². The van der Waals surface area contributed by atoms with Crippen molar-refractivity contribution in [3.05, 3.63) is 17.7 Å². The minimum absolute atomic E-state index is 0.0345. The van der Waals surface area contributed by atoms with E-state index in [-0.39, 0.29) is 6.61 Å². The number of H-pyrrole nitrogens is 1. The summed E-state index contributed by atoms with van der Waals surface area (Å²) in [5, 5.41) is 17.9. The number of aliphatic hydroxyl groups is 1.